The number of benzene rings is 1. The van der Waals surface area contributed by atoms with Gasteiger partial charge in [0, 0.05) is 17.2 Å². The fourth-order valence-corrected chi connectivity index (χ4v) is 1.90. The number of nitro groups is 1. The van der Waals surface area contributed by atoms with Crippen molar-refractivity contribution in [2.75, 3.05) is 0 Å². The molecule has 0 unspecified atom stereocenters. The number of hydrogen-bond donors (Lipinski definition) is 2. The molecule has 1 aliphatic carbocycles. The summed E-state index contributed by atoms with van der Waals surface area (Å²) >= 11 is 0. The van der Waals surface area contributed by atoms with E-state index in [9.17, 15) is 15.2 Å². The third kappa shape index (κ3) is 2.50. The molecule has 1 aromatic carbocycles. The summed E-state index contributed by atoms with van der Waals surface area (Å²) in [6.07, 6.45) is 2.06. The van der Waals surface area contributed by atoms with Crippen LogP contribution in [0.2, 0.25) is 0 Å². The second kappa shape index (κ2) is 4.89. The molecule has 0 saturated heterocycles. The van der Waals surface area contributed by atoms with Gasteiger partial charge < -0.3 is 10.8 Å². The molecule has 0 aromatic heterocycles. The molecule has 0 amide bonds. The monoisotopic (exact) mass is 258 g/mol. The van der Waals surface area contributed by atoms with Gasteiger partial charge in [-0.15, -0.1) is 12.4 Å². The molecule has 0 aliphatic heterocycles. The smallest absolute Gasteiger partial charge is 0.313 e. The van der Waals surface area contributed by atoms with E-state index >= 15 is 0 Å². The van der Waals surface area contributed by atoms with Gasteiger partial charge in [0.2, 0.25) is 0 Å². The molecule has 3 N–H and O–H groups in total. The standard InChI is InChI=1S/C11H14N2O3.ClH/c1-6-2-5-8(9(12)7-3-4-7)11(14)10(6)13(15)16;/h2,5,7,9,14H,3-4,12H2,1H3;1H/t9-;/m1./s1. The van der Waals surface area contributed by atoms with Crippen LogP contribution in [0.25, 0.3) is 0 Å². The topological polar surface area (TPSA) is 89.4 Å². The van der Waals surface area contributed by atoms with E-state index in [1.807, 2.05) is 0 Å². The maximum atomic E-state index is 10.8. The predicted molar refractivity (Wildman–Crippen MR) is 66.4 cm³/mol. The van der Waals surface area contributed by atoms with Crippen molar-refractivity contribution in [3.8, 4) is 5.75 Å². The van der Waals surface area contributed by atoms with Crippen molar-refractivity contribution in [3.63, 3.8) is 0 Å². The van der Waals surface area contributed by atoms with Crippen molar-refractivity contribution >= 4 is 18.1 Å². The third-order valence-electron chi connectivity index (χ3n) is 3.06. The zero-order valence-corrected chi connectivity index (χ0v) is 10.2. The van der Waals surface area contributed by atoms with Gasteiger partial charge in [-0.05, 0) is 25.7 Å². The molecular weight excluding hydrogens is 244 g/mol. The summed E-state index contributed by atoms with van der Waals surface area (Å²) in [6.45, 7) is 1.60. The average molecular weight is 259 g/mol. The molecular formula is C11H15ClN2O3. The fourth-order valence-electron chi connectivity index (χ4n) is 1.90. The molecule has 0 spiro atoms. The summed E-state index contributed by atoms with van der Waals surface area (Å²) in [5.41, 5.74) is 6.65. The van der Waals surface area contributed by atoms with Gasteiger partial charge in [-0.1, -0.05) is 12.1 Å². The SMILES string of the molecule is Cc1ccc([C@H](N)C2CC2)c(O)c1[N+](=O)[O-].Cl. The Hall–Kier alpha value is -1.33. The summed E-state index contributed by atoms with van der Waals surface area (Å²) in [7, 11) is 0. The lowest BCUT2D eigenvalue weighted by atomic mass is 9.99. The molecule has 94 valence electrons. The average Bonchev–Trinajstić information content (AvgIpc) is 2.99. The van der Waals surface area contributed by atoms with Gasteiger partial charge >= 0.3 is 5.69 Å². The van der Waals surface area contributed by atoms with Crippen LogP contribution in [0, 0.1) is 23.0 Å². The van der Waals surface area contributed by atoms with E-state index in [1.165, 1.54) is 0 Å². The molecule has 0 heterocycles. The van der Waals surface area contributed by atoms with Crippen LogP contribution in [-0.4, -0.2) is 10.0 Å². The molecule has 17 heavy (non-hydrogen) atoms. The normalized spacial score (nSPS) is 16.1. The van der Waals surface area contributed by atoms with Crippen LogP contribution in [0.5, 0.6) is 5.75 Å². The van der Waals surface area contributed by atoms with Crippen molar-refractivity contribution in [2.45, 2.75) is 25.8 Å². The van der Waals surface area contributed by atoms with E-state index < -0.39 is 4.92 Å². The van der Waals surface area contributed by atoms with Crippen LogP contribution in [0.4, 0.5) is 5.69 Å². The Labute approximate surface area is 105 Å². The van der Waals surface area contributed by atoms with E-state index in [4.69, 9.17) is 5.73 Å². The fraction of sp³-hybridized carbons (Fsp3) is 0.455. The number of hydrogen-bond acceptors (Lipinski definition) is 4. The number of aromatic hydroxyl groups is 1. The van der Waals surface area contributed by atoms with Crippen LogP contribution in [0.3, 0.4) is 0 Å². The minimum atomic E-state index is -0.562. The Balaban J connectivity index is 0.00000144. The molecule has 1 saturated carbocycles. The Kier molecular flexibility index (Phi) is 3.95. The molecule has 1 fully saturated rings. The van der Waals surface area contributed by atoms with Crippen molar-refractivity contribution < 1.29 is 10.0 Å². The highest BCUT2D eigenvalue weighted by atomic mass is 35.5. The molecule has 5 nitrogen and oxygen atoms in total. The van der Waals surface area contributed by atoms with Crippen LogP contribution >= 0.6 is 12.4 Å². The number of rotatable bonds is 3. The Morgan fingerprint density at radius 1 is 1.53 bits per heavy atom. The first-order valence-electron chi connectivity index (χ1n) is 5.24. The minimum Gasteiger partial charge on any atom is -0.502 e. The molecule has 1 aliphatic rings. The summed E-state index contributed by atoms with van der Waals surface area (Å²) in [6, 6.07) is 3.02. The lowest BCUT2D eigenvalue weighted by Crippen LogP contribution is -2.13. The van der Waals surface area contributed by atoms with Crippen molar-refractivity contribution in [3.05, 3.63) is 33.4 Å². The van der Waals surface area contributed by atoms with E-state index in [0.717, 1.165) is 12.8 Å². The van der Waals surface area contributed by atoms with E-state index in [0.29, 0.717) is 17.0 Å². The first-order chi connectivity index (χ1) is 7.52. The maximum Gasteiger partial charge on any atom is 0.313 e. The van der Waals surface area contributed by atoms with Gasteiger partial charge in [0.1, 0.15) is 0 Å². The van der Waals surface area contributed by atoms with Gasteiger partial charge in [-0.3, -0.25) is 10.1 Å². The number of aryl methyl sites for hydroxylation is 1. The first kappa shape index (κ1) is 13.7. The van der Waals surface area contributed by atoms with Crippen molar-refractivity contribution in [1.82, 2.24) is 0 Å². The number of phenolic OH excluding ortho intramolecular Hbond substituents is 1. The molecule has 2 rings (SSSR count). The van der Waals surface area contributed by atoms with Gasteiger partial charge in [0.05, 0.1) is 4.92 Å². The zero-order chi connectivity index (χ0) is 11.9. The van der Waals surface area contributed by atoms with Crippen LogP contribution in [0.15, 0.2) is 12.1 Å². The zero-order valence-electron chi connectivity index (χ0n) is 9.42. The number of nitrogens with two attached hydrogens (primary N) is 1. The van der Waals surface area contributed by atoms with Crippen LogP contribution < -0.4 is 5.73 Å². The van der Waals surface area contributed by atoms with Crippen LogP contribution in [0.1, 0.15) is 30.0 Å². The summed E-state index contributed by atoms with van der Waals surface area (Å²) < 4.78 is 0. The van der Waals surface area contributed by atoms with Gasteiger partial charge in [0.15, 0.2) is 5.75 Å². The lowest BCUT2D eigenvalue weighted by molar-refractivity contribution is -0.386. The quantitative estimate of drug-likeness (QED) is 0.644. The number of halogens is 1. The Bertz CT molecular complexity index is 447. The molecule has 1 atom stereocenters. The van der Waals surface area contributed by atoms with Gasteiger partial charge in [-0.25, -0.2) is 0 Å². The van der Waals surface area contributed by atoms with Gasteiger partial charge in [-0.2, -0.15) is 0 Å². The third-order valence-corrected chi connectivity index (χ3v) is 3.06. The van der Waals surface area contributed by atoms with E-state index in [1.54, 1.807) is 19.1 Å². The summed E-state index contributed by atoms with van der Waals surface area (Å²) in [5.74, 6) is 0.0811. The second-order valence-electron chi connectivity index (χ2n) is 4.29. The van der Waals surface area contributed by atoms with Crippen molar-refractivity contribution in [1.29, 1.82) is 0 Å². The molecule has 6 heteroatoms. The highest BCUT2D eigenvalue weighted by Crippen LogP contribution is 2.44. The van der Waals surface area contributed by atoms with Gasteiger partial charge in [0.25, 0.3) is 0 Å². The second-order valence-corrected chi connectivity index (χ2v) is 4.29. The molecule has 0 bridgehead atoms. The number of nitro benzene ring substituents is 1. The summed E-state index contributed by atoms with van der Waals surface area (Å²) in [4.78, 5) is 10.2. The number of phenols is 1. The highest BCUT2D eigenvalue weighted by molar-refractivity contribution is 5.85. The summed E-state index contributed by atoms with van der Waals surface area (Å²) in [5, 5.41) is 20.7. The minimum absolute atomic E-state index is 0. The molecule has 1 aromatic rings. The first-order valence-corrected chi connectivity index (χ1v) is 5.24. The lowest BCUT2D eigenvalue weighted by Gasteiger charge is -2.13. The molecule has 0 radical (unpaired) electrons. The van der Waals surface area contributed by atoms with Crippen molar-refractivity contribution in [2.24, 2.45) is 11.7 Å². The van der Waals surface area contributed by atoms with E-state index in [-0.39, 0.29) is 29.9 Å². The Morgan fingerprint density at radius 3 is 2.59 bits per heavy atom. The van der Waals surface area contributed by atoms with E-state index in [2.05, 4.69) is 0 Å². The number of nitrogens with zero attached hydrogens (tertiary/aromatic N) is 1. The predicted octanol–water partition coefficient (Wildman–Crippen LogP) is 2.44. The van der Waals surface area contributed by atoms with Crippen LogP contribution in [-0.2, 0) is 0 Å². The largest absolute Gasteiger partial charge is 0.502 e. The maximum absolute atomic E-state index is 10.8. The Morgan fingerprint density at radius 2 is 2.12 bits per heavy atom. The highest BCUT2D eigenvalue weighted by Gasteiger charge is 2.33.